The summed E-state index contributed by atoms with van der Waals surface area (Å²) in [7, 11) is 0. The predicted molar refractivity (Wildman–Crippen MR) is 67.1 cm³/mol. The molecule has 2 heterocycles. The molecule has 0 spiro atoms. The molecule has 1 aliphatic heterocycles. The minimum atomic E-state index is -0.691. The minimum absolute atomic E-state index is 0.182. The Morgan fingerprint density at radius 3 is 2.74 bits per heavy atom. The van der Waals surface area contributed by atoms with Crippen molar-refractivity contribution in [3.05, 3.63) is 21.4 Å². The van der Waals surface area contributed by atoms with E-state index in [4.69, 9.17) is 4.74 Å². The lowest BCUT2D eigenvalue weighted by atomic mass is 10.2. The lowest BCUT2D eigenvalue weighted by molar-refractivity contribution is -0.131. The zero-order valence-electron chi connectivity index (χ0n) is 10.6. The Morgan fingerprint density at radius 1 is 1.47 bits per heavy atom. The van der Waals surface area contributed by atoms with E-state index in [1.54, 1.807) is 6.07 Å². The number of nitrogens with zero attached hydrogens (tertiary/aromatic N) is 1. The number of imide groups is 1. The van der Waals surface area contributed by atoms with Gasteiger partial charge in [-0.15, -0.1) is 11.3 Å². The van der Waals surface area contributed by atoms with Gasteiger partial charge in [-0.25, -0.2) is 14.5 Å². The van der Waals surface area contributed by atoms with Gasteiger partial charge in [-0.1, -0.05) is 0 Å². The maximum absolute atomic E-state index is 11.8. The summed E-state index contributed by atoms with van der Waals surface area (Å²) in [5.74, 6) is -1.12. The van der Waals surface area contributed by atoms with E-state index in [0.29, 0.717) is 5.56 Å². The molecule has 0 saturated carbocycles. The molecule has 1 saturated heterocycles. The maximum atomic E-state index is 11.8. The first-order chi connectivity index (χ1) is 8.99. The highest BCUT2D eigenvalue weighted by atomic mass is 32.1. The molecule has 1 aromatic heterocycles. The van der Waals surface area contributed by atoms with Crippen LogP contribution >= 0.6 is 11.3 Å². The fourth-order valence-electron chi connectivity index (χ4n) is 1.74. The first-order valence-electron chi connectivity index (χ1n) is 5.70. The van der Waals surface area contributed by atoms with Gasteiger partial charge in [-0.3, -0.25) is 4.79 Å². The first-order valence-corrected chi connectivity index (χ1v) is 6.52. The Hall–Kier alpha value is -1.89. The topological polar surface area (TPSA) is 72.9 Å². The average molecular weight is 283 g/mol. The smallest absolute Gasteiger partial charge is 0.416 e. The van der Waals surface area contributed by atoms with Gasteiger partial charge in [0.15, 0.2) is 6.61 Å². The van der Waals surface area contributed by atoms with E-state index in [-0.39, 0.29) is 13.2 Å². The Balaban J connectivity index is 1.92. The molecule has 1 fully saturated rings. The van der Waals surface area contributed by atoms with Crippen LogP contribution in [0.25, 0.3) is 0 Å². The number of carbonyl (C=O) groups is 3. The summed E-state index contributed by atoms with van der Waals surface area (Å²) in [5.41, 5.74) is 0.458. The third-order valence-corrected chi connectivity index (χ3v) is 3.62. The second-order valence-corrected chi connectivity index (χ2v) is 5.52. The van der Waals surface area contributed by atoms with Crippen LogP contribution in [0.2, 0.25) is 0 Å². The van der Waals surface area contributed by atoms with E-state index >= 15 is 0 Å². The molecule has 1 aliphatic rings. The van der Waals surface area contributed by atoms with Gasteiger partial charge in [-0.2, -0.15) is 0 Å². The zero-order chi connectivity index (χ0) is 14.0. The van der Waals surface area contributed by atoms with Crippen molar-refractivity contribution >= 4 is 29.3 Å². The summed E-state index contributed by atoms with van der Waals surface area (Å²) < 4.78 is 9.54. The average Bonchev–Trinajstić information content (AvgIpc) is 2.91. The number of hydrogen-bond acceptors (Lipinski definition) is 6. The van der Waals surface area contributed by atoms with Crippen LogP contribution < -0.4 is 0 Å². The quantitative estimate of drug-likeness (QED) is 0.786. The molecule has 0 bridgehead atoms. The SMILES string of the molecule is Cc1cc(C(=O)OCC(=O)N2CCOC2=O)c(C)s1. The van der Waals surface area contributed by atoms with Gasteiger partial charge in [-0.05, 0) is 19.9 Å². The van der Waals surface area contributed by atoms with Gasteiger partial charge < -0.3 is 9.47 Å². The molecule has 7 heteroatoms. The summed E-state index contributed by atoms with van der Waals surface area (Å²) in [4.78, 5) is 37.3. The molecule has 0 unspecified atom stereocenters. The van der Waals surface area contributed by atoms with Crippen LogP contribution in [0.5, 0.6) is 0 Å². The third-order valence-electron chi connectivity index (χ3n) is 2.65. The summed E-state index contributed by atoms with van der Waals surface area (Å²) in [6, 6.07) is 1.72. The molecule has 0 radical (unpaired) electrons. The number of cyclic esters (lactones) is 1. The highest BCUT2D eigenvalue weighted by Crippen LogP contribution is 2.21. The minimum Gasteiger partial charge on any atom is -0.452 e. The van der Waals surface area contributed by atoms with Crippen LogP contribution in [0.1, 0.15) is 20.1 Å². The van der Waals surface area contributed by atoms with E-state index in [9.17, 15) is 14.4 Å². The summed E-state index contributed by atoms with van der Waals surface area (Å²) >= 11 is 1.49. The van der Waals surface area contributed by atoms with Gasteiger partial charge in [0.05, 0.1) is 12.1 Å². The molecule has 6 nitrogen and oxygen atoms in total. The van der Waals surface area contributed by atoms with Crippen LogP contribution in [0, 0.1) is 13.8 Å². The fourth-order valence-corrected chi connectivity index (χ4v) is 2.65. The molecule has 102 valence electrons. The van der Waals surface area contributed by atoms with Crippen LogP contribution in [0.4, 0.5) is 4.79 Å². The summed E-state index contributed by atoms with van der Waals surface area (Å²) in [6.07, 6.45) is -0.691. The predicted octanol–water partition coefficient (Wildman–Crippen LogP) is 1.50. The number of ether oxygens (including phenoxy) is 2. The van der Waals surface area contributed by atoms with Gasteiger partial charge in [0.1, 0.15) is 6.61 Å². The lowest BCUT2D eigenvalue weighted by Gasteiger charge is -2.10. The van der Waals surface area contributed by atoms with Crippen molar-refractivity contribution in [1.29, 1.82) is 0 Å². The fraction of sp³-hybridized carbons (Fsp3) is 0.417. The molecule has 0 N–H and O–H groups in total. The molecule has 19 heavy (non-hydrogen) atoms. The summed E-state index contributed by atoms with van der Waals surface area (Å²) in [6.45, 7) is 3.63. The molecule has 0 aliphatic carbocycles. The number of carbonyl (C=O) groups excluding carboxylic acids is 3. The van der Waals surface area contributed by atoms with Gasteiger partial charge in [0.25, 0.3) is 5.91 Å². The zero-order valence-corrected chi connectivity index (χ0v) is 11.4. The normalized spacial score (nSPS) is 14.4. The Kier molecular flexibility index (Phi) is 3.84. The third kappa shape index (κ3) is 2.93. The highest BCUT2D eigenvalue weighted by Gasteiger charge is 2.29. The van der Waals surface area contributed by atoms with Crippen molar-refractivity contribution < 1.29 is 23.9 Å². The van der Waals surface area contributed by atoms with E-state index in [1.807, 2.05) is 13.8 Å². The Bertz CT molecular complexity index is 536. The number of thiophene rings is 1. The molecule has 2 rings (SSSR count). The molecular weight excluding hydrogens is 270 g/mol. The highest BCUT2D eigenvalue weighted by molar-refractivity contribution is 7.12. The van der Waals surface area contributed by atoms with Crippen LogP contribution in [0.15, 0.2) is 6.07 Å². The second kappa shape index (κ2) is 5.40. The van der Waals surface area contributed by atoms with Crippen molar-refractivity contribution in [3.63, 3.8) is 0 Å². The number of hydrogen-bond donors (Lipinski definition) is 0. The maximum Gasteiger partial charge on any atom is 0.416 e. The van der Waals surface area contributed by atoms with Crippen molar-refractivity contribution in [1.82, 2.24) is 4.90 Å². The number of esters is 1. The van der Waals surface area contributed by atoms with Gasteiger partial charge in [0, 0.05) is 9.75 Å². The van der Waals surface area contributed by atoms with Gasteiger partial charge >= 0.3 is 12.1 Å². The van der Waals surface area contributed by atoms with Crippen LogP contribution in [-0.4, -0.2) is 42.6 Å². The van der Waals surface area contributed by atoms with E-state index < -0.39 is 24.6 Å². The lowest BCUT2D eigenvalue weighted by Crippen LogP contribution is -2.35. The Morgan fingerprint density at radius 2 is 2.21 bits per heavy atom. The van der Waals surface area contributed by atoms with Crippen molar-refractivity contribution in [2.75, 3.05) is 19.8 Å². The molecular formula is C12H13NO5S. The number of amides is 2. The molecule has 1 aromatic rings. The van der Waals surface area contributed by atoms with E-state index in [1.165, 1.54) is 11.3 Å². The first kappa shape index (κ1) is 13.5. The molecule has 0 aromatic carbocycles. The van der Waals surface area contributed by atoms with Crippen molar-refractivity contribution in [2.45, 2.75) is 13.8 Å². The van der Waals surface area contributed by atoms with Crippen LogP contribution in [0.3, 0.4) is 0 Å². The monoisotopic (exact) mass is 283 g/mol. The van der Waals surface area contributed by atoms with E-state index in [0.717, 1.165) is 14.7 Å². The standard InChI is InChI=1S/C12H13NO5S/c1-7-5-9(8(2)19-7)11(15)18-6-10(14)13-3-4-17-12(13)16/h5H,3-4,6H2,1-2H3. The largest absolute Gasteiger partial charge is 0.452 e. The van der Waals surface area contributed by atoms with Crippen LogP contribution in [-0.2, 0) is 14.3 Å². The Labute approximate surface area is 113 Å². The summed E-state index contributed by atoms with van der Waals surface area (Å²) in [5, 5.41) is 0. The second-order valence-electron chi connectivity index (χ2n) is 4.06. The van der Waals surface area contributed by atoms with Gasteiger partial charge in [0.2, 0.25) is 0 Å². The van der Waals surface area contributed by atoms with E-state index in [2.05, 4.69) is 4.74 Å². The number of aryl methyl sites for hydroxylation is 2. The molecule has 2 amide bonds. The molecule has 0 atom stereocenters. The number of rotatable bonds is 3. The van der Waals surface area contributed by atoms with Crippen molar-refractivity contribution in [3.8, 4) is 0 Å². The van der Waals surface area contributed by atoms with Crippen molar-refractivity contribution in [2.24, 2.45) is 0 Å².